The van der Waals surface area contributed by atoms with Gasteiger partial charge >= 0.3 is 0 Å². The molecule has 1 N–H and O–H groups in total. The molecule has 0 spiro atoms. The van der Waals surface area contributed by atoms with Crippen molar-refractivity contribution in [2.24, 2.45) is 5.92 Å². The Morgan fingerprint density at radius 2 is 1.74 bits per heavy atom. The van der Waals surface area contributed by atoms with E-state index >= 15 is 0 Å². The highest BCUT2D eigenvalue weighted by atomic mass is 16.3. The van der Waals surface area contributed by atoms with Crippen LogP contribution in [0.5, 0.6) is 0 Å². The molecule has 0 aromatic heterocycles. The van der Waals surface area contributed by atoms with Crippen LogP contribution < -0.4 is 0 Å². The topological polar surface area (TPSA) is 23.5 Å². The molecule has 0 heterocycles. The summed E-state index contributed by atoms with van der Waals surface area (Å²) < 4.78 is 0. The minimum atomic E-state index is -0.405. The van der Waals surface area contributed by atoms with Crippen molar-refractivity contribution in [2.45, 2.75) is 52.7 Å². The lowest BCUT2D eigenvalue weighted by Crippen LogP contribution is -2.43. The van der Waals surface area contributed by atoms with Crippen molar-refractivity contribution in [3.63, 3.8) is 0 Å². The predicted octanol–water partition coefficient (Wildman–Crippen LogP) is 3.87. The molecule has 2 heteroatoms. The number of nitrogens with zero attached hydrogens (tertiary/aromatic N) is 1. The molecule has 1 rings (SSSR count). The van der Waals surface area contributed by atoms with Crippen LogP contribution in [-0.2, 0) is 0 Å². The smallest absolute Gasteiger partial charge is 0.0947 e. The van der Waals surface area contributed by atoms with E-state index in [2.05, 4.69) is 32.6 Å². The lowest BCUT2D eigenvalue weighted by molar-refractivity contribution is 0.0242. The van der Waals surface area contributed by atoms with Crippen molar-refractivity contribution < 1.29 is 5.11 Å². The van der Waals surface area contributed by atoms with Crippen LogP contribution in [0.25, 0.3) is 0 Å². The highest BCUT2D eigenvalue weighted by Crippen LogP contribution is 2.26. The zero-order valence-electron chi connectivity index (χ0n) is 12.8. The van der Waals surface area contributed by atoms with Gasteiger partial charge in [-0.3, -0.25) is 4.90 Å². The van der Waals surface area contributed by atoms with Gasteiger partial charge < -0.3 is 5.11 Å². The number of hydrogen-bond acceptors (Lipinski definition) is 2. The van der Waals surface area contributed by atoms with Crippen molar-refractivity contribution in [1.82, 2.24) is 4.90 Å². The van der Waals surface area contributed by atoms with Crippen LogP contribution >= 0.6 is 0 Å². The fourth-order valence-electron chi connectivity index (χ4n) is 2.71. The van der Waals surface area contributed by atoms with E-state index in [0.29, 0.717) is 5.92 Å². The molecule has 0 fully saturated rings. The Balaban J connectivity index is 2.86. The number of aliphatic hydroxyl groups excluding tert-OH is 1. The van der Waals surface area contributed by atoms with Gasteiger partial charge in [0, 0.05) is 6.04 Å². The summed E-state index contributed by atoms with van der Waals surface area (Å²) in [5.74, 6) is 0.437. The predicted molar refractivity (Wildman–Crippen MR) is 82.2 cm³/mol. The monoisotopic (exact) mass is 263 g/mol. The number of rotatable bonds is 8. The standard InChI is InChI=1S/C17H29NO/c1-5-7-13-18(6-2)16(14(3)4)17(19)15-11-9-8-10-12-15/h8-12,14,16-17,19H,5-7,13H2,1-4H3. The zero-order valence-corrected chi connectivity index (χ0v) is 12.8. The number of aliphatic hydroxyl groups is 1. The second-order valence-corrected chi connectivity index (χ2v) is 5.57. The van der Waals surface area contributed by atoms with E-state index in [0.717, 1.165) is 18.7 Å². The van der Waals surface area contributed by atoms with E-state index in [-0.39, 0.29) is 6.04 Å². The Morgan fingerprint density at radius 3 is 2.21 bits per heavy atom. The quantitative estimate of drug-likeness (QED) is 0.769. The molecule has 108 valence electrons. The summed E-state index contributed by atoms with van der Waals surface area (Å²) in [7, 11) is 0. The summed E-state index contributed by atoms with van der Waals surface area (Å²) in [5, 5.41) is 10.7. The largest absolute Gasteiger partial charge is 0.387 e. The van der Waals surface area contributed by atoms with Gasteiger partial charge in [0.2, 0.25) is 0 Å². The van der Waals surface area contributed by atoms with Gasteiger partial charge in [-0.25, -0.2) is 0 Å². The summed E-state index contributed by atoms with van der Waals surface area (Å²) in [4.78, 5) is 2.42. The van der Waals surface area contributed by atoms with Gasteiger partial charge in [0.05, 0.1) is 6.10 Å². The highest BCUT2D eigenvalue weighted by molar-refractivity contribution is 5.19. The first-order valence-corrected chi connectivity index (χ1v) is 7.58. The number of likely N-dealkylation sites (N-methyl/N-ethyl adjacent to an activating group) is 1. The van der Waals surface area contributed by atoms with Crippen molar-refractivity contribution in [3.05, 3.63) is 35.9 Å². The van der Waals surface area contributed by atoms with Gasteiger partial charge in [-0.2, -0.15) is 0 Å². The summed E-state index contributed by atoms with van der Waals surface area (Å²) in [5.41, 5.74) is 1.02. The maximum atomic E-state index is 10.7. The first-order chi connectivity index (χ1) is 9.11. The molecule has 0 bridgehead atoms. The second-order valence-electron chi connectivity index (χ2n) is 5.57. The molecule has 0 aliphatic carbocycles. The molecule has 0 saturated heterocycles. The number of unbranched alkanes of at least 4 members (excludes halogenated alkanes) is 1. The van der Waals surface area contributed by atoms with Gasteiger partial charge in [-0.05, 0) is 31.0 Å². The minimum absolute atomic E-state index is 0.193. The van der Waals surface area contributed by atoms with E-state index in [4.69, 9.17) is 0 Å². The third-order valence-corrected chi connectivity index (χ3v) is 3.77. The van der Waals surface area contributed by atoms with Crippen LogP contribution in [0.3, 0.4) is 0 Å². The van der Waals surface area contributed by atoms with Gasteiger partial charge in [0.25, 0.3) is 0 Å². The average molecular weight is 263 g/mol. The minimum Gasteiger partial charge on any atom is -0.387 e. The van der Waals surface area contributed by atoms with Crippen molar-refractivity contribution in [2.75, 3.05) is 13.1 Å². The third kappa shape index (κ3) is 4.63. The van der Waals surface area contributed by atoms with Crippen LogP contribution in [-0.4, -0.2) is 29.1 Å². The van der Waals surface area contributed by atoms with Gasteiger partial charge in [0.15, 0.2) is 0 Å². The molecule has 0 radical (unpaired) electrons. The Bertz CT molecular complexity index is 336. The Labute approximate surface area is 118 Å². The fourth-order valence-corrected chi connectivity index (χ4v) is 2.71. The number of benzene rings is 1. The van der Waals surface area contributed by atoms with Crippen molar-refractivity contribution in [3.8, 4) is 0 Å². The number of hydrogen-bond donors (Lipinski definition) is 1. The lowest BCUT2D eigenvalue weighted by Gasteiger charge is -2.37. The summed E-state index contributed by atoms with van der Waals surface area (Å²) in [6.07, 6.45) is 1.99. The van der Waals surface area contributed by atoms with Gasteiger partial charge in [-0.1, -0.05) is 64.4 Å². The first-order valence-electron chi connectivity index (χ1n) is 7.58. The first kappa shape index (κ1) is 16.2. The van der Waals surface area contributed by atoms with Gasteiger partial charge in [-0.15, -0.1) is 0 Å². The summed E-state index contributed by atoms with van der Waals surface area (Å²) >= 11 is 0. The normalized spacial score (nSPS) is 14.9. The SMILES string of the molecule is CCCCN(CC)C(C(C)C)C(O)c1ccccc1. The molecule has 0 aliphatic heterocycles. The molecule has 2 nitrogen and oxygen atoms in total. The van der Waals surface area contributed by atoms with Crippen molar-refractivity contribution >= 4 is 0 Å². The molecule has 0 aliphatic rings. The molecule has 0 amide bonds. The van der Waals surface area contributed by atoms with Crippen LogP contribution in [0.15, 0.2) is 30.3 Å². The Kier molecular flexibility index (Phi) is 7.11. The van der Waals surface area contributed by atoms with E-state index in [1.165, 1.54) is 12.8 Å². The van der Waals surface area contributed by atoms with Crippen LogP contribution in [0, 0.1) is 5.92 Å². The van der Waals surface area contributed by atoms with E-state index in [1.807, 2.05) is 30.3 Å². The van der Waals surface area contributed by atoms with Crippen LogP contribution in [0.4, 0.5) is 0 Å². The molecular weight excluding hydrogens is 234 g/mol. The van der Waals surface area contributed by atoms with E-state index in [1.54, 1.807) is 0 Å². The third-order valence-electron chi connectivity index (χ3n) is 3.77. The summed E-state index contributed by atoms with van der Waals surface area (Å²) in [6, 6.07) is 10.2. The zero-order chi connectivity index (χ0) is 14.3. The Hall–Kier alpha value is -0.860. The van der Waals surface area contributed by atoms with E-state index < -0.39 is 6.10 Å². The van der Waals surface area contributed by atoms with Crippen LogP contribution in [0.1, 0.15) is 52.2 Å². The molecule has 0 saturated carbocycles. The Morgan fingerprint density at radius 1 is 1.11 bits per heavy atom. The molecule has 1 aromatic rings. The molecule has 2 atom stereocenters. The van der Waals surface area contributed by atoms with Crippen molar-refractivity contribution in [1.29, 1.82) is 0 Å². The van der Waals surface area contributed by atoms with Gasteiger partial charge in [0.1, 0.15) is 0 Å². The van der Waals surface area contributed by atoms with E-state index in [9.17, 15) is 5.11 Å². The summed E-state index contributed by atoms with van der Waals surface area (Å²) in [6.45, 7) is 10.9. The average Bonchev–Trinajstić information content (AvgIpc) is 2.43. The fraction of sp³-hybridized carbons (Fsp3) is 0.647. The maximum Gasteiger partial charge on any atom is 0.0947 e. The van der Waals surface area contributed by atoms with Crippen LogP contribution in [0.2, 0.25) is 0 Å². The highest BCUT2D eigenvalue weighted by Gasteiger charge is 2.28. The lowest BCUT2D eigenvalue weighted by atomic mass is 9.91. The molecule has 1 aromatic carbocycles. The molecular formula is C17H29NO. The maximum absolute atomic E-state index is 10.7. The molecule has 19 heavy (non-hydrogen) atoms. The molecule has 2 unspecified atom stereocenters. The second kappa shape index (κ2) is 8.34.